The fourth-order valence-corrected chi connectivity index (χ4v) is 4.39. The molecule has 0 spiro atoms. The number of carbonyl (C=O) groups excluding carboxylic acids is 1. The van der Waals surface area contributed by atoms with Crippen molar-refractivity contribution in [3.63, 3.8) is 0 Å². The molecular weight excluding hydrogens is 358 g/mol. The van der Waals surface area contributed by atoms with E-state index in [1.165, 1.54) is 0 Å². The number of carboxylic acids is 1. The average Bonchev–Trinajstić information content (AvgIpc) is 3.02. The van der Waals surface area contributed by atoms with Gasteiger partial charge in [0.15, 0.2) is 5.60 Å². The second-order valence-electron chi connectivity index (χ2n) is 7.50. The highest BCUT2D eigenvalue weighted by atomic mass is 16.5. The molecule has 6 heteroatoms. The molecule has 0 aliphatic heterocycles. The number of aliphatic carboxylic acids is 1. The van der Waals surface area contributed by atoms with Crippen LogP contribution in [-0.4, -0.2) is 40.5 Å². The van der Waals surface area contributed by atoms with Crippen LogP contribution in [-0.2, 0) is 9.53 Å². The maximum Gasteiger partial charge on any atom is 0.407 e. The Kier molecular flexibility index (Phi) is 4.81. The Morgan fingerprint density at radius 1 is 1.04 bits per heavy atom. The minimum Gasteiger partial charge on any atom is -0.479 e. The zero-order valence-corrected chi connectivity index (χ0v) is 15.4. The van der Waals surface area contributed by atoms with Gasteiger partial charge in [0.2, 0.25) is 0 Å². The number of amides is 1. The van der Waals surface area contributed by atoms with Gasteiger partial charge < -0.3 is 20.3 Å². The van der Waals surface area contributed by atoms with Crippen LogP contribution in [0.3, 0.4) is 0 Å². The quantitative estimate of drug-likeness (QED) is 0.755. The van der Waals surface area contributed by atoms with Gasteiger partial charge in [-0.15, -0.1) is 0 Å². The predicted octanol–water partition coefficient (Wildman–Crippen LogP) is 3.28. The molecule has 1 fully saturated rings. The van der Waals surface area contributed by atoms with E-state index in [2.05, 4.69) is 17.4 Å². The summed E-state index contributed by atoms with van der Waals surface area (Å²) >= 11 is 0. The molecule has 1 saturated carbocycles. The molecule has 146 valence electrons. The Morgan fingerprint density at radius 3 is 2.25 bits per heavy atom. The van der Waals surface area contributed by atoms with Crippen LogP contribution in [0.2, 0.25) is 0 Å². The molecule has 2 atom stereocenters. The molecule has 6 nitrogen and oxygen atoms in total. The number of aliphatic hydroxyl groups is 1. The van der Waals surface area contributed by atoms with Gasteiger partial charge in [-0.05, 0) is 41.5 Å². The molecule has 0 heterocycles. The van der Waals surface area contributed by atoms with Crippen LogP contribution in [0.15, 0.2) is 48.5 Å². The lowest BCUT2D eigenvalue weighted by Crippen LogP contribution is -2.59. The molecule has 0 bridgehead atoms. The molecule has 1 amide bonds. The van der Waals surface area contributed by atoms with Crippen molar-refractivity contribution >= 4 is 12.1 Å². The largest absolute Gasteiger partial charge is 0.479 e. The monoisotopic (exact) mass is 381 g/mol. The molecule has 2 aromatic rings. The van der Waals surface area contributed by atoms with Crippen molar-refractivity contribution in [2.75, 3.05) is 6.61 Å². The van der Waals surface area contributed by atoms with Gasteiger partial charge in [0.1, 0.15) is 6.61 Å². The molecule has 2 aliphatic carbocycles. The second-order valence-corrected chi connectivity index (χ2v) is 7.50. The first-order valence-corrected chi connectivity index (χ1v) is 9.58. The van der Waals surface area contributed by atoms with E-state index in [1.807, 2.05) is 36.4 Å². The number of hydrogen-bond donors (Lipinski definition) is 3. The first kappa shape index (κ1) is 18.5. The molecule has 0 unspecified atom stereocenters. The van der Waals surface area contributed by atoms with Gasteiger partial charge in [0, 0.05) is 5.92 Å². The number of alkyl carbamates (subject to hydrolysis) is 1. The molecule has 4 rings (SSSR count). The first-order chi connectivity index (χ1) is 13.5. The van der Waals surface area contributed by atoms with Crippen molar-refractivity contribution in [3.05, 3.63) is 59.7 Å². The van der Waals surface area contributed by atoms with Crippen molar-refractivity contribution in [1.29, 1.82) is 0 Å². The standard InChI is InChI=1S/C22H23NO5/c24-20(25)22(27)12-6-5-11-19(22)23-21(26)28-13-18-16-9-3-1-7-14(16)15-8-2-4-10-17(15)18/h1-4,7-10,18-19,27H,5-6,11-13H2,(H,23,26)(H,24,25)/t19-,22-/m1/s1. The van der Waals surface area contributed by atoms with Gasteiger partial charge in [-0.3, -0.25) is 0 Å². The maximum atomic E-state index is 12.4. The summed E-state index contributed by atoms with van der Waals surface area (Å²) in [5, 5.41) is 22.4. The Balaban J connectivity index is 1.46. The zero-order valence-electron chi connectivity index (χ0n) is 15.4. The summed E-state index contributed by atoms with van der Waals surface area (Å²) in [5.74, 6) is -1.38. The summed E-state index contributed by atoms with van der Waals surface area (Å²) < 4.78 is 5.46. The number of carboxylic acid groups (broad SMARTS) is 1. The number of ether oxygens (including phenoxy) is 1. The highest BCUT2D eigenvalue weighted by Crippen LogP contribution is 2.44. The van der Waals surface area contributed by atoms with E-state index in [4.69, 9.17) is 4.74 Å². The van der Waals surface area contributed by atoms with E-state index >= 15 is 0 Å². The molecule has 3 N–H and O–H groups in total. The van der Waals surface area contributed by atoms with Gasteiger partial charge in [0.05, 0.1) is 6.04 Å². The number of benzene rings is 2. The molecular formula is C22H23NO5. The summed E-state index contributed by atoms with van der Waals surface area (Å²) in [6, 6.07) is 15.2. The van der Waals surface area contributed by atoms with Crippen molar-refractivity contribution in [3.8, 4) is 11.1 Å². The van der Waals surface area contributed by atoms with Crippen LogP contribution >= 0.6 is 0 Å². The Bertz CT molecular complexity index is 866. The number of carbonyl (C=O) groups is 2. The topological polar surface area (TPSA) is 95.9 Å². The number of hydrogen-bond acceptors (Lipinski definition) is 4. The second kappa shape index (κ2) is 7.28. The lowest BCUT2D eigenvalue weighted by molar-refractivity contribution is -0.164. The predicted molar refractivity (Wildman–Crippen MR) is 103 cm³/mol. The minimum absolute atomic E-state index is 0.0668. The van der Waals surface area contributed by atoms with Crippen LogP contribution in [0.25, 0.3) is 11.1 Å². The number of fused-ring (bicyclic) bond motifs is 3. The van der Waals surface area contributed by atoms with Crippen molar-refractivity contribution in [1.82, 2.24) is 5.32 Å². The summed E-state index contributed by atoms with van der Waals surface area (Å²) in [7, 11) is 0. The SMILES string of the molecule is O=C(N[C@@H]1CCCC[C@]1(O)C(=O)O)OCC1c2ccccc2-c2ccccc21. The summed E-state index contributed by atoms with van der Waals surface area (Å²) in [5.41, 5.74) is 2.55. The third kappa shape index (κ3) is 3.14. The van der Waals surface area contributed by atoms with E-state index in [1.54, 1.807) is 0 Å². The van der Waals surface area contributed by atoms with Crippen molar-refractivity contribution in [2.24, 2.45) is 0 Å². The Hall–Kier alpha value is -2.86. The van der Waals surface area contributed by atoms with Crippen molar-refractivity contribution < 1.29 is 24.5 Å². The van der Waals surface area contributed by atoms with Crippen LogP contribution in [0, 0.1) is 0 Å². The van der Waals surface area contributed by atoms with E-state index < -0.39 is 23.7 Å². The fraction of sp³-hybridized carbons (Fsp3) is 0.364. The highest BCUT2D eigenvalue weighted by molar-refractivity contribution is 5.80. The third-order valence-corrected chi connectivity index (χ3v) is 5.88. The first-order valence-electron chi connectivity index (χ1n) is 9.58. The van der Waals surface area contributed by atoms with Crippen molar-refractivity contribution in [2.45, 2.75) is 43.2 Å². The summed E-state index contributed by atoms with van der Waals surface area (Å²) in [6.07, 6.45) is 1.20. The lowest BCUT2D eigenvalue weighted by atomic mass is 9.80. The molecule has 2 aliphatic rings. The zero-order chi connectivity index (χ0) is 19.7. The average molecular weight is 381 g/mol. The smallest absolute Gasteiger partial charge is 0.407 e. The van der Waals surface area contributed by atoms with Crippen LogP contribution in [0.1, 0.15) is 42.7 Å². The van der Waals surface area contributed by atoms with Gasteiger partial charge >= 0.3 is 12.1 Å². The Morgan fingerprint density at radius 2 is 1.64 bits per heavy atom. The molecule has 0 aromatic heterocycles. The normalized spacial score (nSPS) is 23.5. The number of rotatable bonds is 4. The Labute approximate surface area is 163 Å². The van der Waals surface area contributed by atoms with Gasteiger partial charge in [0.25, 0.3) is 0 Å². The van der Waals surface area contributed by atoms with E-state index in [0.717, 1.165) is 28.7 Å². The van der Waals surface area contributed by atoms with E-state index in [-0.39, 0.29) is 18.9 Å². The minimum atomic E-state index is -1.94. The van der Waals surface area contributed by atoms with Gasteiger partial charge in [-0.1, -0.05) is 55.0 Å². The number of nitrogens with one attached hydrogen (secondary N) is 1. The highest BCUT2D eigenvalue weighted by Gasteiger charge is 2.46. The van der Waals surface area contributed by atoms with Crippen LogP contribution in [0.4, 0.5) is 4.79 Å². The van der Waals surface area contributed by atoms with Gasteiger partial charge in [-0.25, -0.2) is 9.59 Å². The molecule has 28 heavy (non-hydrogen) atoms. The van der Waals surface area contributed by atoms with Crippen LogP contribution in [0.5, 0.6) is 0 Å². The molecule has 0 saturated heterocycles. The van der Waals surface area contributed by atoms with E-state index in [0.29, 0.717) is 12.8 Å². The maximum absolute atomic E-state index is 12.4. The van der Waals surface area contributed by atoms with Crippen LogP contribution < -0.4 is 5.32 Å². The van der Waals surface area contributed by atoms with E-state index in [9.17, 15) is 19.8 Å². The summed E-state index contributed by atoms with van der Waals surface area (Å²) in [4.78, 5) is 23.8. The molecule has 0 radical (unpaired) electrons. The third-order valence-electron chi connectivity index (χ3n) is 5.88. The lowest BCUT2D eigenvalue weighted by Gasteiger charge is -2.36. The fourth-order valence-electron chi connectivity index (χ4n) is 4.39. The summed E-state index contributed by atoms with van der Waals surface area (Å²) in [6.45, 7) is 0.151. The molecule has 2 aromatic carbocycles. The van der Waals surface area contributed by atoms with Gasteiger partial charge in [-0.2, -0.15) is 0 Å².